The lowest BCUT2D eigenvalue weighted by Gasteiger charge is -2.14. The normalized spacial score (nSPS) is 12.7. The summed E-state index contributed by atoms with van der Waals surface area (Å²) in [6.45, 7) is 3.23. The van der Waals surface area contributed by atoms with Crippen LogP contribution in [-0.4, -0.2) is 18.8 Å². The standard InChI is InChI=1S/C12H19NO2/c1-9(7-13)6-11-10(8-15-2)4-3-5-12(11)14/h3-5,9,14H,6-8,13H2,1-2H3. The van der Waals surface area contributed by atoms with Crippen molar-refractivity contribution < 1.29 is 9.84 Å². The van der Waals surface area contributed by atoms with Gasteiger partial charge in [0.05, 0.1) is 6.61 Å². The Morgan fingerprint density at radius 2 is 2.20 bits per heavy atom. The molecule has 0 aliphatic carbocycles. The number of hydrogen-bond acceptors (Lipinski definition) is 3. The molecule has 0 amide bonds. The van der Waals surface area contributed by atoms with Gasteiger partial charge in [0.2, 0.25) is 0 Å². The molecule has 0 spiro atoms. The molecule has 3 heteroatoms. The van der Waals surface area contributed by atoms with E-state index in [-0.39, 0.29) is 0 Å². The Labute approximate surface area is 90.9 Å². The number of hydrogen-bond donors (Lipinski definition) is 2. The van der Waals surface area contributed by atoms with Crippen molar-refractivity contribution >= 4 is 0 Å². The first-order valence-electron chi connectivity index (χ1n) is 5.17. The number of methoxy groups -OCH3 is 1. The van der Waals surface area contributed by atoms with Crippen molar-refractivity contribution in [3.8, 4) is 5.75 Å². The molecule has 0 heterocycles. The smallest absolute Gasteiger partial charge is 0.119 e. The number of phenols is 1. The van der Waals surface area contributed by atoms with Crippen LogP contribution in [0.25, 0.3) is 0 Å². The van der Waals surface area contributed by atoms with Crippen molar-refractivity contribution in [3.63, 3.8) is 0 Å². The van der Waals surface area contributed by atoms with E-state index >= 15 is 0 Å². The van der Waals surface area contributed by atoms with Gasteiger partial charge >= 0.3 is 0 Å². The number of nitrogens with two attached hydrogens (primary N) is 1. The van der Waals surface area contributed by atoms with Crippen LogP contribution in [0.5, 0.6) is 5.75 Å². The summed E-state index contributed by atoms with van der Waals surface area (Å²) in [5.41, 5.74) is 7.58. The monoisotopic (exact) mass is 209 g/mol. The molecule has 0 aliphatic rings. The number of aromatic hydroxyl groups is 1. The van der Waals surface area contributed by atoms with E-state index in [4.69, 9.17) is 10.5 Å². The van der Waals surface area contributed by atoms with Crippen molar-refractivity contribution in [3.05, 3.63) is 29.3 Å². The first kappa shape index (κ1) is 12.0. The van der Waals surface area contributed by atoms with Gasteiger partial charge in [0.15, 0.2) is 0 Å². The van der Waals surface area contributed by atoms with Crippen molar-refractivity contribution in [2.75, 3.05) is 13.7 Å². The lowest BCUT2D eigenvalue weighted by molar-refractivity contribution is 0.183. The molecule has 0 radical (unpaired) electrons. The van der Waals surface area contributed by atoms with Crippen LogP contribution < -0.4 is 5.73 Å². The van der Waals surface area contributed by atoms with E-state index in [0.717, 1.165) is 17.5 Å². The molecule has 3 N–H and O–H groups in total. The fraction of sp³-hybridized carbons (Fsp3) is 0.500. The van der Waals surface area contributed by atoms with Crippen LogP contribution in [-0.2, 0) is 17.8 Å². The Hall–Kier alpha value is -1.06. The summed E-state index contributed by atoms with van der Waals surface area (Å²) in [6.07, 6.45) is 0.794. The highest BCUT2D eigenvalue weighted by molar-refractivity contribution is 5.39. The zero-order chi connectivity index (χ0) is 11.3. The first-order valence-corrected chi connectivity index (χ1v) is 5.17. The van der Waals surface area contributed by atoms with Crippen LogP contribution in [0.3, 0.4) is 0 Å². The van der Waals surface area contributed by atoms with Gasteiger partial charge in [0.1, 0.15) is 5.75 Å². The molecule has 1 atom stereocenters. The third kappa shape index (κ3) is 3.22. The molecule has 1 rings (SSSR count). The summed E-state index contributed by atoms with van der Waals surface area (Å²) in [5.74, 6) is 0.707. The van der Waals surface area contributed by atoms with Gasteiger partial charge in [0.25, 0.3) is 0 Å². The molecule has 1 aromatic carbocycles. The van der Waals surface area contributed by atoms with Crippen LogP contribution in [0.15, 0.2) is 18.2 Å². The van der Waals surface area contributed by atoms with Gasteiger partial charge in [-0.25, -0.2) is 0 Å². The highest BCUT2D eigenvalue weighted by Gasteiger charge is 2.10. The summed E-state index contributed by atoms with van der Waals surface area (Å²) in [4.78, 5) is 0. The van der Waals surface area contributed by atoms with Gasteiger partial charge in [-0.2, -0.15) is 0 Å². The molecule has 0 fully saturated rings. The predicted molar refractivity (Wildman–Crippen MR) is 60.7 cm³/mol. The van der Waals surface area contributed by atoms with Gasteiger partial charge < -0.3 is 15.6 Å². The molecule has 0 saturated heterocycles. The largest absolute Gasteiger partial charge is 0.508 e. The maximum Gasteiger partial charge on any atom is 0.119 e. The summed E-state index contributed by atoms with van der Waals surface area (Å²) in [7, 11) is 1.65. The lowest BCUT2D eigenvalue weighted by atomic mass is 9.96. The van der Waals surface area contributed by atoms with Crippen LogP contribution >= 0.6 is 0 Å². The maximum absolute atomic E-state index is 9.77. The molecular weight excluding hydrogens is 190 g/mol. The van der Waals surface area contributed by atoms with Crippen LogP contribution in [0.1, 0.15) is 18.1 Å². The van der Waals surface area contributed by atoms with Gasteiger partial charge in [-0.3, -0.25) is 0 Å². The SMILES string of the molecule is COCc1cccc(O)c1CC(C)CN. The highest BCUT2D eigenvalue weighted by atomic mass is 16.5. The molecule has 1 aromatic rings. The average molecular weight is 209 g/mol. The first-order chi connectivity index (χ1) is 7.19. The minimum atomic E-state index is 0.338. The summed E-state index contributed by atoms with van der Waals surface area (Å²) in [5, 5.41) is 9.77. The zero-order valence-corrected chi connectivity index (χ0v) is 9.36. The van der Waals surface area contributed by atoms with Crippen LogP contribution in [0, 0.1) is 5.92 Å². The Bertz CT molecular complexity index is 312. The Morgan fingerprint density at radius 1 is 1.47 bits per heavy atom. The van der Waals surface area contributed by atoms with Crippen LogP contribution in [0.2, 0.25) is 0 Å². The number of phenolic OH excluding ortho intramolecular Hbond substituents is 1. The third-order valence-electron chi connectivity index (χ3n) is 2.50. The van der Waals surface area contributed by atoms with E-state index in [0.29, 0.717) is 24.8 Å². The molecule has 0 aromatic heterocycles. The van der Waals surface area contributed by atoms with Crippen LogP contribution in [0.4, 0.5) is 0 Å². The molecular formula is C12H19NO2. The molecule has 15 heavy (non-hydrogen) atoms. The van der Waals surface area contributed by atoms with Gasteiger partial charge in [-0.1, -0.05) is 19.1 Å². The van der Waals surface area contributed by atoms with Crippen molar-refractivity contribution in [1.29, 1.82) is 0 Å². The summed E-state index contributed by atoms with van der Waals surface area (Å²) < 4.78 is 5.10. The molecule has 3 nitrogen and oxygen atoms in total. The van der Waals surface area contributed by atoms with Gasteiger partial charge in [-0.15, -0.1) is 0 Å². The maximum atomic E-state index is 9.77. The van der Waals surface area contributed by atoms with Crippen molar-refractivity contribution in [2.24, 2.45) is 11.7 Å². The lowest BCUT2D eigenvalue weighted by Crippen LogP contribution is -2.14. The number of rotatable bonds is 5. The average Bonchev–Trinajstić information content (AvgIpc) is 2.23. The quantitative estimate of drug-likeness (QED) is 0.775. The third-order valence-corrected chi connectivity index (χ3v) is 2.50. The van der Waals surface area contributed by atoms with Gasteiger partial charge in [0, 0.05) is 7.11 Å². The highest BCUT2D eigenvalue weighted by Crippen LogP contribution is 2.24. The predicted octanol–water partition coefficient (Wildman–Crippen LogP) is 1.68. The Morgan fingerprint density at radius 3 is 2.80 bits per heavy atom. The van der Waals surface area contributed by atoms with E-state index in [9.17, 15) is 5.11 Å². The minimum Gasteiger partial charge on any atom is -0.508 e. The van der Waals surface area contributed by atoms with Gasteiger partial charge in [-0.05, 0) is 36.1 Å². The molecule has 0 saturated carbocycles. The Kier molecular flexibility index (Phi) is 4.59. The van der Waals surface area contributed by atoms with E-state index in [1.54, 1.807) is 13.2 Å². The summed E-state index contributed by atoms with van der Waals surface area (Å²) >= 11 is 0. The number of benzene rings is 1. The molecule has 84 valence electrons. The fourth-order valence-electron chi connectivity index (χ4n) is 1.58. The number of ether oxygens (including phenoxy) is 1. The second-order valence-electron chi connectivity index (χ2n) is 3.89. The molecule has 1 unspecified atom stereocenters. The van der Waals surface area contributed by atoms with E-state index < -0.39 is 0 Å². The van der Waals surface area contributed by atoms with E-state index in [2.05, 4.69) is 6.92 Å². The van der Waals surface area contributed by atoms with E-state index in [1.165, 1.54) is 0 Å². The summed E-state index contributed by atoms with van der Waals surface area (Å²) in [6, 6.07) is 5.51. The van der Waals surface area contributed by atoms with Crippen molar-refractivity contribution in [2.45, 2.75) is 20.0 Å². The van der Waals surface area contributed by atoms with Crippen molar-refractivity contribution in [1.82, 2.24) is 0 Å². The van der Waals surface area contributed by atoms with E-state index in [1.807, 2.05) is 12.1 Å². The second-order valence-corrected chi connectivity index (χ2v) is 3.89. The fourth-order valence-corrected chi connectivity index (χ4v) is 1.58. The molecule has 0 aliphatic heterocycles. The second kappa shape index (κ2) is 5.73. The topological polar surface area (TPSA) is 55.5 Å². The minimum absolute atomic E-state index is 0.338. The zero-order valence-electron chi connectivity index (χ0n) is 9.36. The Balaban J connectivity index is 2.91. The molecule has 0 bridgehead atoms.